The molecule has 0 bridgehead atoms. The molecule has 14 rings (SSSR count). The van der Waals surface area contributed by atoms with Crippen molar-refractivity contribution in [1.29, 1.82) is 0 Å². The molecule has 2 heterocycles. The zero-order chi connectivity index (χ0) is 54.5. The number of anilines is 9. The second kappa shape index (κ2) is 18.8. The molecule has 0 saturated heterocycles. The fraction of sp³-hybridized carbons (Fsp3) is 0.132. The van der Waals surface area contributed by atoms with Gasteiger partial charge in [-0.3, -0.25) is 0 Å². The van der Waals surface area contributed by atoms with Crippen LogP contribution in [0.15, 0.2) is 261 Å². The van der Waals surface area contributed by atoms with Crippen molar-refractivity contribution >= 4 is 74.3 Å². The van der Waals surface area contributed by atoms with Crippen LogP contribution in [0.3, 0.4) is 0 Å². The van der Waals surface area contributed by atoms with Gasteiger partial charge < -0.3 is 14.7 Å². The van der Waals surface area contributed by atoms with Gasteiger partial charge in [-0.25, -0.2) is 0 Å². The normalized spacial score (nSPS) is 13.7. The first-order valence-electron chi connectivity index (χ1n) is 28.4. The van der Waals surface area contributed by atoms with E-state index in [-0.39, 0.29) is 17.5 Å². The van der Waals surface area contributed by atoms with E-state index < -0.39 is 5.41 Å². The zero-order valence-corrected chi connectivity index (χ0v) is 46.7. The highest BCUT2D eigenvalue weighted by Crippen LogP contribution is 2.58. The second-order valence-electron chi connectivity index (χ2n) is 24.2. The van der Waals surface area contributed by atoms with Crippen LogP contribution in [0.1, 0.15) is 80.5 Å². The molecule has 2 aliphatic heterocycles. The van der Waals surface area contributed by atoms with Gasteiger partial charge in [0.25, 0.3) is 6.71 Å². The molecule has 4 heteroatoms. The third-order valence-corrected chi connectivity index (χ3v) is 17.2. The lowest BCUT2D eigenvalue weighted by molar-refractivity contribution is 0.590. The van der Waals surface area contributed by atoms with Gasteiger partial charge in [-0.15, -0.1) is 0 Å². The zero-order valence-electron chi connectivity index (χ0n) is 46.7. The molecule has 3 aliphatic rings. The lowest BCUT2D eigenvalue weighted by Gasteiger charge is -2.45. The fourth-order valence-corrected chi connectivity index (χ4v) is 13.5. The number of hydrogen-bond acceptors (Lipinski definition) is 3. The molecule has 0 radical (unpaired) electrons. The monoisotopic (exact) mass is 1030 g/mol. The largest absolute Gasteiger partial charge is 0.311 e. The van der Waals surface area contributed by atoms with Crippen LogP contribution in [0, 0.1) is 6.92 Å². The minimum absolute atomic E-state index is 0.0490. The van der Waals surface area contributed by atoms with E-state index in [9.17, 15) is 0 Å². The van der Waals surface area contributed by atoms with E-state index in [4.69, 9.17) is 0 Å². The summed E-state index contributed by atoms with van der Waals surface area (Å²) < 4.78 is 0. The van der Waals surface area contributed by atoms with Crippen LogP contribution in [0.5, 0.6) is 0 Å². The number of aryl methyl sites for hydroxylation is 1. The van der Waals surface area contributed by atoms with E-state index >= 15 is 0 Å². The van der Waals surface area contributed by atoms with Gasteiger partial charge in [-0.1, -0.05) is 224 Å². The number of hydrogen-bond donors (Lipinski definition) is 0. The summed E-state index contributed by atoms with van der Waals surface area (Å²) in [6.45, 7) is 16.2. The molecular formula is C76H64BN3. The molecule has 80 heavy (non-hydrogen) atoms. The molecule has 11 aromatic rings. The number of nitrogens with zero attached hydrogens (tertiary/aromatic N) is 3. The maximum absolute atomic E-state index is 2.62. The Morgan fingerprint density at radius 3 is 1.50 bits per heavy atom. The predicted octanol–water partition coefficient (Wildman–Crippen LogP) is 18.2. The van der Waals surface area contributed by atoms with Crippen molar-refractivity contribution in [2.45, 2.75) is 64.7 Å². The SMILES string of the molecule is Cc1cc2c3c(c1)N(c1ccc(C(C)(C)C)cc1-c1ccccc1)c1ccc(C(C)(C)C)cc1B3c1ccc(N(c3ccccc3)c3ccccc3)cc1N2c1ccc2c(c1)C(c1ccccc1)(c1ccccc1)c1ccccc1-2. The molecule has 0 N–H and O–H groups in total. The summed E-state index contributed by atoms with van der Waals surface area (Å²) in [4.78, 5) is 7.64. The van der Waals surface area contributed by atoms with Crippen molar-refractivity contribution < 1.29 is 0 Å². The summed E-state index contributed by atoms with van der Waals surface area (Å²) in [5.41, 5.74) is 27.3. The molecule has 0 aromatic heterocycles. The van der Waals surface area contributed by atoms with Crippen LogP contribution < -0.4 is 31.1 Å². The van der Waals surface area contributed by atoms with E-state index in [0.717, 1.165) is 28.4 Å². The highest BCUT2D eigenvalue weighted by Gasteiger charge is 2.48. The lowest BCUT2D eigenvalue weighted by atomic mass is 9.33. The molecule has 0 unspecified atom stereocenters. The molecule has 1 aliphatic carbocycles. The Morgan fingerprint density at radius 2 is 0.887 bits per heavy atom. The molecule has 0 spiro atoms. The first kappa shape index (κ1) is 49.2. The van der Waals surface area contributed by atoms with Crippen LogP contribution in [-0.2, 0) is 16.2 Å². The van der Waals surface area contributed by atoms with Crippen LogP contribution >= 0.6 is 0 Å². The van der Waals surface area contributed by atoms with Gasteiger partial charge in [0.1, 0.15) is 0 Å². The van der Waals surface area contributed by atoms with E-state index in [1.165, 1.54) is 100 Å². The summed E-state index contributed by atoms with van der Waals surface area (Å²) in [5.74, 6) is 0. The first-order valence-corrected chi connectivity index (χ1v) is 28.4. The molecule has 0 amide bonds. The van der Waals surface area contributed by atoms with Gasteiger partial charge in [-0.2, -0.15) is 0 Å². The Labute approximate surface area is 473 Å². The van der Waals surface area contributed by atoms with Gasteiger partial charge in [-0.05, 0) is 169 Å². The Bertz CT molecular complexity index is 4080. The number of fused-ring (bicyclic) bond motifs is 7. The lowest BCUT2D eigenvalue weighted by Crippen LogP contribution is -2.61. The molecule has 3 nitrogen and oxygen atoms in total. The number of para-hydroxylation sites is 2. The summed E-state index contributed by atoms with van der Waals surface area (Å²) in [5, 5.41) is 0. The molecular weight excluding hydrogens is 966 g/mol. The highest BCUT2D eigenvalue weighted by atomic mass is 15.2. The molecule has 0 fully saturated rings. The average Bonchev–Trinajstić information content (AvgIpc) is 2.55. The fourth-order valence-electron chi connectivity index (χ4n) is 13.5. The maximum atomic E-state index is 2.62. The van der Waals surface area contributed by atoms with Crippen molar-refractivity contribution in [3.63, 3.8) is 0 Å². The first-order chi connectivity index (χ1) is 38.9. The van der Waals surface area contributed by atoms with Crippen molar-refractivity contribution in [3.05, 3.63) is 300 Å². The molecule has 0 saturated carbocycles. The van der Waals surface area contributed by atoms with Crippen molar-refractivity contribution in [2.24, 2.45) is 0 Å². The molecule has 386 valence electrons. The maximum Gasteiger partial charge on any atom is 0.252 e. The van der Waals surface area contributed by atoms with Crippen molar-refractivity contribution in [1.82, 2.24) is 0 Å². The van der Waals surface area contributed by atoms with E-state index in [0.29, 0.717) is 0 Å². The second-order valence-corrected chi connectivity index (χ2v) is 24.2. The Kier molecular flexibility index (Phi) is 11.5. The third-order valence-electron chi connectivity index (χ3n) is 17.2. The predicted molar refractivity (Wildman–Crippen MR) is 340 cm³/mol. The molecule has 11 aromatic carbocycles. The van der Waals surface area contributed by atoms with Gasteiger partial charge >= 0.3 is 0 Å². The van der Waals surface area contributed by atoms with Crippen molar-refractivity contribution in [2.75, 3.05) is 14.7 Å². The van der Waals surface area contributed by atoms with E-state index in [1.54, 1.807) is 0 Å². The Hall–Kier alpha value is -9.12. The smallest absolute Gasteiger partial charge is 0.252 e. The van der Waals surface area contributed by atoms with Crippen LogP contribution in [-0.4, -0.2) is 6.71 Å². The quantitative estimate of drug-likeness (QED) is 0.140. The topological polar surface area (TPSA) is 9.72 Å². The van der Waals surface area contributed by atoms with Crippen molar-refractivity contribution in [3.8, 4) is 22.3 Å². The van der Waals surface area contributed by atoms with Gasteiger partial charge in [0.15, 0.2) is 0 Å². The summed E-state index contributed by atoms with van der Waals surface area (Å²) in [6.07, 6.45) is 0. The minimum atomic E-state index is -0.580. The van der Waals surface area contributed by atoms with Gasteiger partial charge in [0, 0.05) is 51.1 Å². The number of benzene rings is 11. The highest BCUT2D eigenvalue weighted by molar-refractivity contribution is 7.00. The standard InChI is InChI=1S/C76H64BN3/c1-51-45-71-73-72(46-51)80(68-43-37-55(74(2,3)4)47-63(68)52-25-13-8-14-26-52)69-44-38-56(75(5,6)7)48-67(69)77(73)66-42-40-60(78(57-31-19-11-20-32-57)58-33-21-12-22-34-58)50-70(66)79(71)59-39-41-62-61-35-23-24-36-64(61)76(65(62)49-59,53-27-15-9-16-28-53)54-29-17-10-18-30-54/h8-50H,1-7H3. The van der Waals surface area contributed by atoms with Crippen LogP contribution in [0.25, 0.3) is 22.3 Å². The number of rotatable bonds is 8. The summed E-state index contributed by atoms with van der Waals surface area (Å²) in [6, 6.07) is 98.3. The summed E-state index contributed by atoms with van der Waals surface area (Å²) in [7, 11) is 0. The average molecular weight is 1030 g/mol. The molecule has 0 atom stereocenters. The minimum Gasteiger partial charge on any atom is -0.311 e. The third kappa shape index (κ3) is 7.79. The van der Waals surface area contributed by atoms with Crippen LogP contribution in [0.2, 0.25) is 0 Å². The summed E-state index contributed by atoms with van der Waals surface area (Å²) >= 11 is 0. The van der Waals surface area contributed by atoms with Gasteiger partial charge in [0.05, 0.1) is 11.1 Å². The Morgan fingerprint density at radius 1 is 0.362 bits per heavy atom. The van der Waals surface area contributed by atoms with Gasteiger partial charge in [0.2, 0.25) is 0 Å². The van der Waals surface area contributed by atoms with E-state index in [2.05, 4.69) is 324 Å². The van der Waals surface area contributed by atoms with Crippen LogP contribution in [0.4, 0.5) is 51.2 Å². The Balaban J connectivity index is 1.09. The van der Waals surface area contributed by atoms with E-state index in [1.807, 2.05) is 0 Å².